The lowest BCUT2D eigenvalue weighted by molar-refractivity contribution is 0.147. The highest BCUT2D eigenvalue weighted by molar-refractivity contribution is 5.21. The molecule has 0 heterocycles. The molecule has 4 unspecified atom stereocenters. The molecule has 1 aromatic carbocycles. The van der Waals surface area contributed by atoms with Crippen LogP contribution in [0.1, 0.15) is 44.8 Å². The van der Waals surface area contributed by atoms with Gasteiger partial charge in [-0.3, -0.25) is 0 Å². The first-order valence-electron chi connectivity index (χ1n) is 7.33. The van der Waals surface area contributed by atoms with Crippen molar-refractivity contribution in [2.24, 2.45) is 11.8 Å². The first-order chi connectivity index (χ1) is 9.47. The number of aliphatic hydroxyl groups is 1. The average molecular weight is 283 g/mol. The lowest BCUT2D eigenvalue weighted by atomic mass is 9.80. The average Bonchev–Trinajstić information content (AvgIpc) is 2.40. The van der Waals surface area contributed by atoms with Gasteiger partial charge in [0.25, 0.3) is 0 Å². The van der Waals surface area contributed by atoms with Gasteiger partial charge in [0.15, 0.2) is 0 Å². The molecule has 1 saturated carbocycles. The van der Waals surface area contributed by atoms with Crippen LogP contribution in [0.15, 0.2) is 18.2 Å². The zero-order valence-corrected chi connectivity index (χ0v) is 12.1. The molecule has 0 bridgehead atoms. The van der Waals surface area contributed by atoms with E-state index in [2.05, 4.69) is 19.2 Å². The Labute approximate surface area is 119 Å². The Morgan fingerprint density at radius 1 is 1.30 bits per heavy atom. The van der Waals surface area contributed by atoms with Gasteiger partial charge in [-0.15, -0.1) is 0 Å². The minimum Gasteiger partial charge on any atom is -0.387 e. The van der Waals surface area contributed by atoms with E-state index in [0.29, 0.717) is 12.0 Å². The third-order valence-corrected chi connectivity index (χ3v) is 4.32. The number of rotatable bonds is 4. The normalized spacial score (nSPS) is 28.4. The van der Waals surface area contributed by atoms with Gasteiger partial charge in [-0.1, -0.05) is 13.8 Å². The summed E-state index contributed by atoms with van der Waals surface area (Å²) in [6.07, 6.45) is 2.40. The number of nitrogens with one attached hydrogen (secondary N) is 1. The summed E-state index contributed by atoms with van der Waals surface area (Å²) in [6, 6.07) is 3.52. The molecular weight excluding hydrogens is 260 g/mol. The minimum absolute atomic E-state index is 0.0225. The smallest absolute Gasteiger partial charge is 0.129 e. The summed E-state index contributed by atoms with van der Waals surface area (Å²) >= 11 is 0. The van der Waals surface area contributed by atoms with E-state index in [-0.39, 0.29) is 12.1 Å². The third kappa shape index (κ3) is 3.76. The summed E-state index contributed by atoms with van der Waals surface area (Å²) in [5, 5.41) is 13.3. The zero-order valence-electron chi connectivity index (χ0n) is 12.1. The van der Waals surface area contributed by atoms with E-state index < -0.39 is 17.7 Å². The van der Waals surface area contributed by atoms with Gasteiger partial charge < -0.3 is 10.4 Å². The van der Waals surface area contributed by atoms with Gasteiger partial charge in [0.05, 0.1) is 6.10 Å². The highest BCUT2D eigenvalue weighted by atomic mass is 19.1. The van der Waals surface area contributed by atoms with Gasteiger partial charge in [0.2, 0.25) is 0 Å². The number of hydrogen-bond acceptors (Lipinski definition) is 2. The molecule has 0 saturated heterocycles. The maximum Gasteiger partial charge on any atom is 0.129 e. The van der Waals surface area contributed by atoms with Crippen molar-refractivity contribution in [2.75, 3.05) is 6.54 Å². The lowest BCUT2D eigenvalue weighted by Gasteiger charge is -2.33. The van der Waals surface area contributed by atoms with Crippen LogP contribution in [0.25, 0.3) is 0 Å². The highest BCUT2D eigenvalue weighted by Crippen LogP contribution is 2.29. The second-order valence-electron chi connectivity index (χ2n) is 6.09. The van der Waals surface area contributed by atoms with Crippen LogP contribution < -0.4 is 5.32 Å². The Morgan fingerprint density at radius 3 is 2.75 bits per heavy atom. The fourth-order valence-electron chi connectivity index (χ4n) is 3.11. The summed E-state index contributed by atoms with van der Waals surface area (Å²) in [4.78, 5) is 0. The van der Waals surface area contributed by atoms with Gasteiger partial charge in [-0.25, -0.2) is 8.78 Å². The molecule has 4 atom stereocenters. The Kier molecular flexibility index (Phi) is 5.11. The molecule has 112 valence electrons. The number of halogens is 2. The van der Waals surface area contributed by atoms with Crippen LogP contribution in [0.4, 0.5) is 8.78 Å². The molecule has 2 rings (SSSR count). The Bertz CT molecular complexity index is 452. The predicted octanol–water partition coefficient (Wildman–Crippen LogP) is 3.41. The highest BCUT2D eigenvalue weighted by Gasteiger charge is 2.25. The summed E-state index contributed by atoms with van der Waals surface area (Å²) in [5.41, 5.74) is 0.0225. The molecule has 4 heteroatoms. The van der Waals surface area contributed by atoms with E-state index in [1.54, 1.807) is 0 Å². The Balaban J connectivity index is 1.92. The molecular formula is C16H23F2NO. The van der Waals surface area contributed by atoms with Crippen molar-refractivity contribution >= 4 is 0 Å². The Morgan fingerprint density at radius 2 is 2.05 bits per heavy atom. The summed E-state index contributed by atoms with van der Waals surface area (Å²) in [6.45, 7) is 4.70. The third-order valence-electron chi connectivity index (χ3n) is 4.32. The van der Waals surface area contributed by atoms with Crippen LogP contribution in [0.3, 0.4) is 0 Å². The molecule has 1 aliphatic carbocycles. The molecule has 0 radical (unpaired) electrons. The molecule has 1 aromatic rings. The van der Waals surface area contributed by atoms with Gasteiger partial charge in [0, 0.05) is 18.2 Å². The van der Waals surface area contributed by atoms with Crippen molar-refractivity contribution in [2.45, 2.75) is 45.3 Å². The molecule has 2 nitrogen and oxygen atoms in total. The van der Waals surface area contributed by atoms with Crippen molar-refractivity contribution in [1.82, 2.24) is 5.32 Å². The van der Waals surface area contributed by atoms with Crippen LogP contribution in [0.5, 0.6) is 0 Å². The summed E-state index contributed by atoms with van der Waals surface area (Å²) in [7, 11) is 0. The standard InChI is InChI=1S/C16H23F2NO/c1-10-3-6-15(11(2)7-10)19-9-16(20)13-8-12(17)4-5-14(13)18/h4-5,8,10-11,15-16,19-20H,3,6-7,9H2,1-2H3. The molecule has 0 amide bonds. The zero-order chi connectivity index (χ0) is 14.7. The van der Waals surface area contributed by atoms with Gasteiger partial charge in [-0.2, -0.15) is 0 Å². The molecule has 20 heavy (non-hydrogen) atoms. The first-order valence-corrected chi connectivity index (χ1v) is 7.33. The second kappa shape index (κ2) is 6.64. The number of aliphatic hydroxyl groups excluding tert-OH is 1. The fourth-order valence-corrected chi connectivity index (χ4v) is 3.11. The van der Waals surface area contributed by atoms with Crippen molar-refractivity contribution in [3.8, 4) is 0 Å². The van der Waals surface area contributed by atoms with Crippen LogP contribution in [-0.2, 0) is 0 Å². The lowest BCUT2D eigenvalue weighted by Crippen LogP contribution is -2.41. The predicted molar refractivity (Wildman–Crippen MR) is 75.3 cm³/mol. The van der Waals surface area contributed by atoms with E-state index in [0.717, 1.165) is 30.5 Å². The molecule has 0 aliphatic heterocycles. The largest absolute Gasteiger partial charge is 0.387 e. The monoisotopic (exact) mass is 283 g/mol. The van der Waals surface area contributed by atoms with Crippen molar-refractivity contribution in [1.29, 1.82) is 0 Å². The van der Waals surface area contributed by atoms with E-state index >= 15 is 0 Å². The van der Waals surface area contributed by atoms with E-state index in [4.69, 9.17) is 0 Å². The fraction of sp³-hybridized carbons (Fsp3) is 0.625. The Hall–Kier alpha value is -1.00. The quantitative estimate of drug-likeness (QED) is 0.887. The SMILES string of the molecule is CC1CCC(NCC(O)c2cc(F)ccc2F)C(C)C1. The topological polar surface area (TPSA) is 32.3 Å². The summed E-state index contributed by atoms with van der Waals surface area (Å²) in [5.74, 6) is 0.197. The van der Waals surface area contributed by atoms with Crippen molar-refractivity contribution < 1.29 is 13.9 Å². The second-order valence-corrected chi connectivity index (χ2v) is 6.09. The van der Waals surface area contributed by atoms with Crippen LogP contribution in [-0.4, -0.2) is 17.7 Å². The maximum absolute atomic E-state index is 13.6. The summed E-state index contributed by atoms with van der Waals surface area (Å²) < 4.78 is 26.7. The van der Waals surface area contributed by atoms with Crippen LogP contribution >= 0.6 is 0 Å². The molecule has 0 spiro atoms. The molecule has 0 aromatic heterocycles. The van der Waals surface area contributed by atoms with E-state index in [9.17, 15) is 13.9 Å². The van der Waals surface area contributed by atoms with Crippen LogP contribution in [0.2, 0.25) is 0 Å². The van der Waals surface area contributed by atoms with Gasteiger partial charge in [0.1, 0.15) is 11.6 Å². The number of hydrogen-bond donors (Lipinski definition) is 2. The van der Waals surface area contributed by atoms with E-state index in [1.165, 1.54) is 12.8 Å². The van der Waals surface area contributed by atoms with E-state index in [1.807, 2.05) is 0 Å². The maximum atomic E-state index is 13.6. The number of benzene rings is 1. The van der Waals surface area contributed by atoms with Gasteiger partial charge in [-0.05, 0) is 49.3 Å². The minimum atomic E-state index is -1.02. The molecule has 1 fully saturated rings. The first kappa shape index (κ1) is 15.4. The van der Waals surface area contributed by atoms with Crippen molar-refractivity contribution in [3.63, 3.8) is 0 Å². The van der Waals surface area contributed by atoms with Crippen molar-refractivity contribution in [3.05, 3.63) is 35.4 Å². The van der Waals surface area contributed by atoms with Crippen LogP contribution in [0, 0.1) is 23.5 Å². The van der Waals surface area contributed by atoms with Gasteiger partial charge >= 0.3 is 0 Å². The molecule has 2 N–H and O–H groups in total. The molecule has 1 aliphatic rings.